The van der Waals surface area contributed by atoms with Crippen LogP contribution in [0.4, 0.5) is 0 Å². The summed E-state index contributed by atoms with van der Waals surface area (Å²) >= 11 is 0. The average Bonchev–Trinajstić information content (AvgIpc) is 2.36. The molecule has 0 aliphatic carbocycles. The van der Waals surface area contributed by atoms with Gasteiger partial charge in [-0.3, -0.25) is 4.79 Å². The number of Topliss-reactive ketones (excluding diaryl/α,β-unsaturated/α-hetero) is 1. The zero-order valence-electron chi connectivity index (χ0n) is 11.8. The molecule has 100 valence electrons. The molecule has 0 aliphatic heterocycles. The number of benzene rings is 1. The Morgan fingerprint density at radius 1 is 1.28 bits per heavy atom. The molecule has 0 amide bonds. The van der Waals surface area contributed by atoms with E-state index in [1.807, 2.05) is 26.0 Å². The average molecular weight is 247 g/mol. The molecule has 0 spiro atoms. The number of nitrogens with two attached hydrogens (primary N) is 1. The van der Waals surface area contributed by atoms with Gasteiger partial charge in [-0.05, 0) is 36.9 Å². The molecule has 0 saturated heterocycles. The van der Waals surface area contributed by atoms with Gasteiger partial charge < -0.3 is 5.73 Å². The molecule has 2 nitrogen and oxygen atoms in total. The third kappa shape index (κ3) is 3.67. The highest BCUT2D eigenvalue weighted by atomic mass is 16.1. The predicted molar refractivity (Wildman–Crippen MR) is 77.0 cm³/mol. The van der Waals surface area contributed by atoms with E-state index in [-0.39, 0.29) is 11.7 Å². The molecule has 0 unspecified atom stereocenters. The molecule has 1 rings (SSSR count). The fourth-order valence-electron chi connectivity index (χ4n) is 2.25. The minimum atomic E-state index is 0.0605. The van der Waals surface area contributed by atoms with Crippen LogP contribution in [0.3, 0.4) is 0 Å². The normalized spacial score (nSPS) is 10.9. The zero-order chi connectivity index (χ0) is 13.5. The Labute approximate surface area is 111 Å². The minimum Gasteiger partial charge on any atom is -0.330 e. The lowest BCUT2D eigenvalue weighted by Crippen LogP contribution is -2.13. The standard InChI is InChI=1S/C16H25NO/c1-4-7-14-13(9-6-11-17)8-5-10-15(14)16(18)12(2)3/h5,8,10,12H,4,6-7,9,11,17H2,1-3H3. The summed E-state index contributed by atoms with van der Waals surface area (Å²) in [5.74, 6) is 0.318. The van der Waals surface area contributed by atoms with Crippen molar-refractivity contribution in [2.24, 2.45) is 11.7 Å². The fraction of sp³-hybridized carbons (Fsp3) is 0.562. The number of aryl methyl sites for hydroxylation is 1. The Morgan fingerprint density at radius 2 is 2.00 bits per heavy atom. The molecule has 1 aromatic carbocycles. The van der Waals surface area contributed by atoms with Gasteiger partial charge in [0.15, 0.2) is 5.78 Å². The van der Waals surface area contributed by atoms with Crippen molar-refractivity contribution in [1.82, 2.24) is 0 Å². The van der Waals surface area contributed by atoms with Gasteiger partial charge in [0, 0.05) is 11.5 Å². The number of carbonyl (C=O) groups is 1. The van der Waals surface area contributed by atoms with E-state index in [0.717, 1.165) is 31.2 Å². The lowest BCUT2D eigenvalue weighted by atomic mass is 9.89. The van der Waals surface area contributed by atoms with Gasteiger partial charge in [0.25, 0.3) is 0 Å². The summed E-state index contributed by atoms with van der Waals surface area (Å²) in [6, 6.07) is 6.11. The van der Waals surface area contributed by atoms with Crippen LogP contribution < -0.4 is 5.73 Å². The van der Waals surface area contributed by atoms with E-state index >= 15 is 0 Å². The highest BCUT2D eigenvalue weighted by molar-refractivity contribution is 5.99. The summed E-state index contributed by atoms with van der Waals surface area (Å²) in [5, 5.41) is 0. The van der Waals surface area contributed by atoms with Crippen molar-refractivity contribution in [3.63, 3.8) is 0 Å². The third-order valence-corrected chi connectivity index (χ3v) is 3.21. The first kappa shape index (κ1) is 14.9. The van der Waals surface area contributed by atoms with Gasteiger partial charge >= 0.3 is 0 Å². The van der Waals surface area contributed by atoms with Gasteiger partial charge in [-0.25, -0.2) is 0 Å². The summed E-state index contributed by atoms with van der Waals surface area (Å²) in [7, 11) is 0. The van der Waals surface area contributed by atoms with Gasteiger partial charge in [-0.1, -0.05) is 45.4 Å². The lowest BCUT2D eigenvalue weighted by molar-refractivity contribution is 0.0938. The van der Waals surface area contributed by atoms with Gasteiger partial charge in [0.2, 0.25) is 0 Å². The van der Waals surface area contributed by atoms with Crippen LogP contribution in [0.25, 0.3) is 0 Å². The molecule has 0 saturated carbocycles. The Morgan fingerprint density at radius 3 is 2.56 bits per heavy atom. The summed E-state index contributed by atoms with van der Waals surface area (Å²) in [5.41, 5.74) is 9.04. The Hall–Kier alpha value is -1.15. The van der Waals surface area contributed by atoms with Crippen molar-refractivity contribution in [2.45, 2.75) is 46.5 Å². The van der Waals surface area contributed by atoms with E-state index < -0.39 is 0 Å². The fourth-order valence-corrected chi connectivity index (χ4v) is 2.25. The number of carbonyl (C=O) groups excluding carboxylic acids is 1. The maximum absolute atomic E-state index is 12.2. The van der Waals surface area contributed by atoms with Crippen LogP contribution in [-0.2, 0) is 12.8 Å². The second-order valence-corrected chi connectivity index (χ2v) is 5.10. The number of hydrogen-bond donors (Lipinski definition) is 1. The second-order valence-electron chi connectivity index (χ2n) is 5.10. The van der Waals surface area contributed by atoms with Gasteiger partial charge in [0.1, 0.15) is 0 Å². The topological polar surface area (TPSA) is 43.1 Å². The molecular weight excluding hydrogens is 222 g/mol. The zero-order valence-corrected chi connectivity index (χ0v) is 11.8. The van der Waals surface area contributed by atoms with E-state index in [2.05, 4.69) is 13.0 Å². The molecule has 0 aromatic heterocycles. The molecule has 2 heteroatoms. The van der Waals surface area contributed by atoms with Gasteiger partial charge in [0.05, 0.1) is 0 Å². The third-order valence-electron chi connectivity index (χ3n) is 3.21. The molecule has 0 atom stereocenters. The maximum atomic E-state index is 12.2. The van der Waals surface area contributed by atoms with Crippen LogP contribution in [0.2, 0.25) is 0 Å². The lowest BCUT2D eigenvalue weighted by Gasteiger charge is -2.15. The monoisotopic (exact) mass is 247 g/mol. The predicted octanol–water partition coefficient (Wildman–Crippen LogP) is 3.37. The Balaban J connectivity index is 3.12. The summed E-state index contributed by atoms with van der Waals surface area (Å²) in [6.45, 7) is 6.78. The second kappa shape index (κ2) is 7.32. The summed E-state index contributed by atoms with van der Waals surface area (Å²) < 4.78 is 0. The molecule has 0 aliphatic rings. The first-order valence-corrected chi connectivity index (χ1v) is 6.96. The van der Waals surface area contributed by atoms with Crippen molar-refractivity contribution in [2.75, 3.05) is 6.54 Å². The number of ketones is 1. The molecule has 2 N–H and O–H groups in total. The van der Waals surface area contributed by atoms with Crippen molar-refractivity contribution in [3.8, 4) is 0 Å². The first-order valence-electron chi connectivity index (χ1n) is 6.96. The van der Waals surface area contributed by atoms with Crippen LogP contribution in [0.15, 0.2) is 18.2 Å². The van der Waals surface area contributed by atoms with Crippen molar-refractivity contribution < 1.29 is 4.79 Å². The first-order chi connectivity index (χ1) is 8.61. The maximum Gasteiger partial charge on any atom is 0.165 e. The molecule has 0 bridgehead atoms. The largest absolute Gasteiger partial charge is 0.330 e. The van der Waals surface area contributed by atoms with Crippen molar-refractivity contribution >= 4 is 5.78 Å². The summed E-state index contributed by atoms with van der Waals surface area (Å²) in [4.78, 5) is 12.2. The highest BCUT2D eigenvalue weighted by Gasteiger charge is 2.16. The minimum absolute atomic E-state index is 0.0605. The quantitative estimate of drug-likeness (QED) is 0.751. The van der Waals surface area contributed by atoms with E-state index in [1.54, 1.807) is 0 Å². The van der Waals surface area contributed by atoms with Crippen LogP contribution >= 0.6 is 0 Å². The number of hydrogen-bond acceptors (Lipinski definition) is 2. The SMILES string of the molecule is CCCc1c(CCCN)cccc1C(=O)C(C)C. The Kier molecular flexibility index (Phi) is 6.06. The van der Waals surface area contributed by atoms with Gasteiger partial charge in [-0.2, -0.15) is 0 Å². The molecule has 18 heavy (non-hydrogen) atoms. The smallest absolute Gasteiger partial charge is 0.165 e. The Bertz CT molecular complexity index is 396. The molecule has 1 aromatic rings. The van der Waals surface area contributed by atoms with Gasteiger partial charge in [-0.15, -0.1) is 0 Å². The van der Waals surface area contributed by atoms with E-state index in [9.17, 15) is 4.79 Å². The van der Waals surface area contributed by atoms with Crippen LogP contribution in [-0.4, -0.2) is 12.3 Å². The molecule has 0 fully saturated rings. The molecular formula is C16H25NO. The van der Waals surface area contributed by atoms with E-state index in [4.69, 9.17) is 5.73 Å². The molecule has 0 heterocycles. The summed E-state index contributed by atoms with van der Waals surface area (Å²) in [6.07, 6.45) is 4.01. The van der Waals surface area contributed by atoms with Crippen LogP contribution in [0.5, 0.6) is 0 Å². The highest BCUT2D eigenvalue weighted by Crippen LogP contribution is 2.21. The van der Waals surface area contributed by atoms with E-state index in [1.165, 1.54) is 11.1 Å². The van der Waals surface area contributed by atoms with E-state index in [0.29, 0.717) is 6.54 Å². The number of rotatable bonds is 7. The molecule has 0 radical (unpaired) electrons. The van der Waals surface area contributed by atoms with Crippen LogP contribution in [0, 0.1) is 5.92 Å². The van der Waals surface area contributed by atoms with Crippen LogP contribution in [0.1, 0.15) is 55.1 Å². The van der Waals surface area contributed by atoms with Crippen molar-refractivity contribution in [3.05, 3.63) is 34.9 Å². The van der Waals surface area contributed by atoms with Crippen molar-refractivity contribution in [1.29, 1.82) is 0 Å².